The molecule has 4 rings (SSSR count). The van der Waals surface area contributed by atoms with Crippen LogP contribution in [0.2, 0.25) is 0 Å². The van der Waals surface area contributed by atoms with Crippen LogP contribution >= 0.6 is 11.3 Å². The first-order valence-corrected chi connectivity index (χ1v) is 11.0. The summed E-state index contributed by atoms with van der Waals surface area (Å²) in [6.07, 6.45) is 0. The van der Waals surface area contributed by atoms with E-state index < -0.39 is 11.2 Å². The minimum Gasteiger partial charge on any atom is -0.497 e. The van der Waals surface area contributed by atoms with E-state index in [2.05, 4.69) is 5.32 Å². The molecule has 0 bridgehead atoms. The van der Waals surface area contributed by atoms with Crippen LogP contribution in [-0.4, -0.2) is 29.3 Å². The Morgan fingerprint density at radius 3 is 2.48 bits per heavy atom. The van der Waals surface area contributed by atoms with Crippen molar-refractivity contribution in [1.29, 1.82) is 0 Å². The zero-order chi connectivity index (χ0) is 23.5. The highest BCUT2D eigenvalue weighted by molar-refractivity contribution is 7.20. The third-order valence-corrected chi connectivity index (χ3v) is 6.56. The van der Waals surface area contributed by atoms with E-state index >= 15 is 0 Å². The Morgan fingerprint density at radius 2 is 1.79 bits per heavy atom. The van der Waals surface area contributed by atoms with Crippen molar-refractivity contribution < 1.29 is 14.3 Å². The van der Waals surface area contributed by atoms with Crippen molar-refractivity contribution >= 4 is 27.5 Å². The minimum atomic E-state index is -0.423. The molecule has 4 aromatic rings. The molecular formula is C24H23N3O5S. The van der Waals surface area contributed by atoms with Gasteiger partial charge in [0.25, 0.3) is 11.5 Å². The molecule has 0 saturated carbocycles. The average molecular weight is 466 g/mol. The maximum Gasteiger partial charge on any atom is 0.332 e. The van der Waals surface area contributed by atoms with Gasteiger partial charge in [-0.25, -0.2) is 4.79 Å². The van der Waals surface area contributed by atoms with Crippen molar-refractivity contribution in [2.75, 3.05) is 14.2 Å². The van der Waals surface area contributed by atoms with Crippen LogP contribution in [0.3, 0.4) is 0 Å². The lowest BCUT2D eigenvalue weighted by molar-refractivity contribution is 0.0955. The lowest BCUT2D eigenvalue weighted by atomic mass is 10.2. The first-order valence-electron chi connectivity index (χ1n) is 10.2. The maximum atomic E-state index is 13.1. The number of benzene rings is 2. The second-order valence-electron chi connectivity index (χ2n) is 7.41. The number of methoxy groups -OCH3 is 2. The number of hydrogen-bond acceptors (Lipinski definition) is 6. The van der Waals surface area contributed by atoms with Gasteiger partial charge in [-0.05, 0) is 23.8 Å². The van der Waals surface area contributed by atoms with Gasteiger partial charge in [-0.1, -0.05) is 30.3 Å². The molecule has 0 fully saturated rings. The van der Waals surface area contributed by atoms with Gasteiger partial charge in [0.1, 0.15) is 16.3 Å². The summed E-state index contributed by atoms with van der Waals surface area (Å²) in [4.78, 5) is 39.5. The molecular weight excluding hydrogens is 442 g/mol. The number of aryl methyl sites for hydroxylation is 1. The summed E-state index contributed by atoms with van der Waals surface area (Å²) in [5, 5.41) is 3.19. The van der Waals surface area contributed by atoms with Crippen LogP contribution in [0.25, 0.3) is 10.2 Å². The van der Waals surface area contributed by atoms with Gasteiger partial charge >= 0.3 is 5.69 Å². The van der Waals surface area contributed by atoms with Crippen LogP contribution in [0.1, 0.15) is 20.8 Å². The molecule has 0 aliphatic heterocycles. The molecule has 170 valence electrons. The largest absolute Gasteiger partial charge is 0.497 e. The summed E-state index contributed by atoms with van der Waals surface area (Å²) in [5.74, 6) is 0.909. The number of nitrogens with one attached hydrogen (secondary N) is 1. The molecule has 9 heteroatoms. The zero-order valence-corrected chi connectivity index (χ0v) is 19.3. The summed E-state index contributed by atoms with van der Waals surface area (Å²) in [7, 11) is 4.72. The van der Waals surface area contributed by atoms with E-state index in [1.54, 1.807) is 39.5 Å². The van der Waals surface area contributed by atoms with Gasteiger partial charge < -0.3 is 14.8 Å². The van der Waals surface area contributed by atoms with Crippen molar-refractivity contribution in [2.45, 2.75) is 13.1 Å². The lowest BCUT2D eigenvalue weighted by Gasteiger charge is -2.11. The van der Waals surface area contributed by atoms with Crippen LogP contribution < -0.4 is 26.0 Å². The highest BCUT2D eigenvalue weighted by Crippen LogP contribution is 2.25. The van der Waals surface area contributed by atoms with Crippen LogP contribution in [0.4, 0.5) is 0 Å². The van der Waals surface area contributed by atoms with Gasteiger partial charge in [0.2, 0.25) is 0 Å². The topological polar surface area (TPSA) is 91.6 Å². The molecule has 0 aliphatic carbocycles. The van der Waals surface area contributed by atoms with Gasteiger partial charge in [0.15, 0.2) is 0 Å². The van der Waals surface area contributed by atoms with Crippen molar-refractivity contribution in [2.24, 2.45) is 7.05 Å². The third kappa shape index (κ3) is 4.40. The fourth-order valence-electron chi connectivity index (χ4n) is 3.56. The smallest absolute Gasteiger partial charge is 0.332 e. The van der Waals surface area contributed by atoms with E-state index in [9.17, 15) is 14.4 Å². The fraction of sp³-hybridized carbons (Fsp3) is 0.208. The molecule has 8 nitrogen and oxygen atoms in total. The SMILES string of the molecule is COc1ccc(CNC(=O)c2cc3c(=O)n(Cc4ccccc4)c(=O)n(C)c3s2)c(OC)c1. The Bertz CT molecular complexity index is 1440. The lowest BCUT2D eigenvalue weighted by Crippen LogP contribution is -2.38. The number of carbonyl (C=O) groups excluding carboxylic acids is 1. The zero-order valence-electron chi connectivity index (χ0n) is 18.5. The molecule has 0 saturated heterocycles. The van der Waals surface area contributed by atoms with Crippen molar-refractivity contribution in [3.8, 4) is 11.5 Å². The number of hydrogen-bond donors (Lipinski definition) is 1. The molecule has 0 aliphatic rings. The molecule has 33 heavy (non-hydrogen) atoms. The summed E-state index contributed by atoms with van der Waals surface area (Å²) in [6.45, 7) is 0.397. The highest BCUT2D eigenvalue weighted by Gasteiger charge is 2.18. The van der Waals surface area contributed by atoms with Gasteiger partial charge in [-0.2, -0.15) is 0 Å². The van der Waals surface area contributed by atoms with Gasteiger partial charge in [0.05, 0.1) is 31.0 Å². The van der Waals surface area contributed by atoms with Crippen LogP contribution in [-0.2, 0) is 20.1 Å². The fourth-order valence-corrected chi connectivity index (χ4v) is 4.58. The van der Waals surface area contributed by atoms with Gasteiger partial charge in [0, 0.05) is 25.2 Å². The normalized spacial score (nSPS) is 10.9. The third-order valence-electron chi connectivity index (χ3n) is 5.35. The number of nitrogens with zero attached hydrogens (tertiary/aromatic N) is 2. The molecule has 0 unspecified atom stereocenters. The summed E-state index contributed by atoms with van der Waals surface area (Å²) in [6, 6.07) is 16.2. The number of rotatable bonds is 7. The van der Waals surface area contributed by atoms with E-state index in [1.165, 1.54) is 9.13 Å². The predicted molar refractivity (Wildman–Crippen MR) is 128 cm³/mol. The Balaban J connectivity index is 1.62. The second-order valence-corrected chi connectivity index (χ2v) is 8.44. The highest BCUT2D eigenvalue weighted by atomic mass is 32.1. The van der Waals surface area contributed by atoms with Crippen molar-refractivity contribution in [3.63, 3.8) is 0 Å². The van der Waals surface area contributed by atoms with E-state index in [4.69, 9.17) is 9.47 Å². The predicted octanol–water partition coefficient (Wildman–Crippen LogP) is 2.76. The van der Waals surface area contributed by atoms with E-state index in [0.29, 0.717) is 26.6 Å². The summed E-state index contributed by atoms with van der Waals surface area (Å²) in [5.41, 5.74) is 0.792. The molecule has 0 spiro atoms. The molecule has 2 aromatic heterocycles. The van der Waals surface area contributed by atoms with Crippen molar-refractivity contribution in [3.05, 3.63) is 91.4 Å². The Labute approximate surface area is 193 Å². The summed E-state index contributed by atoms with van der Waals surface area (Å²) < 4.78 is 13.2. The van der Waals surface area contributed by atoms with Crippen LogP contribution in [0, 0.1) is 0 Å². The van der Waals surface area contributed by atoms with Gasteiger partial charge in [-0.15, -0.1) is 11.3 Å². The Kier molecular flexibility index (Phi) is 6.32. The number of aromatic nitrogens is 2. The molecule has 0 radical (unpaired) electrons. The monoisotopic (exact) mass is 465 g/mol. The average Bonchev–Trinajstić information content (AvgIpc) is 3.30. The molecule has 0 atom stereocenters. The van der Waals surface area contributed by atoms with Crippen molar-refractivity contribution in [1.82, 2.24) is 14.5 Å². The van der Waals surface area contributed by atoms with Gasteiger partial charge in [-0.3, -0.25) is 18.7 Å². The van der Waals surface area contributed by atoms with E-state index in [-0.39, 0.29) is 19.0 Å². The Morgan fingerprint density at radius 1 is 1.03 bits per heavy atom. The number of thiophene rings is 1. The van der Waals surface area contributed by atoms with E-state index in [1.807, 2.05) is 36.4 Å². The number of amides is 1. The standard InChI is InChI=1S/C24H23N3O5S/c1-26-23-18(22(29)27(24(26)30)14-15-7-5-4-6-8-15)12-20(33-23)21(28)25-13-16-9-10-17(31-2)11-19(16)32-3/h4-12H,13-14H2,1-3H3,(H,25,28). The number of ether oxygens (including phenoxy) is 2. The molecule has 2 aromatic carbocycles. The Hall–Kier alpha value is -3.85. The number of carbonyl (C=O) groups is 1. The van der Waals surface area contributed by atoms with Crippen LogP contribution in [0.5, 0.6) is 11.5 Å². The first-order chi connectivity index (χ1) is 15.9. The second kappa shape index (κ2) is 9.33. The van der Waals surface area contributed by atoms with E-state index in [0.717, 1.165) is 22.5 Å². The molecule has 2 heterocycles. The van der Waals surface area contributed by atoms with Crippen LogP contribution in [0.15, 0.2) is 64.2 Å². The first kappa shape index (κ1) is 22.3. The molecule has 1 N–H and O–H groups in total. The number of fused-ring (bicyclic) bond motifs is 1. The molecule has 1 amide bonds. The minimum absolute atomic E-state index is 0.164. The summed E-state index contributed by atoms with van der Waals surface area (Å²) >= 11 is 1.11. The quantitative estimate of drug-likeness (QED) is 0.453. The maximum absolute atomic E-state index is 13.1.